The first kappa shape index (κ1) is 22.7. The molecule has 0 saturated carbocycles. The topological polar surface area (TPSA) is 78.5 Å². The van der Waals surface area contributed by atoms with Crippen LogP contribution in [-0.4, -0.2) is 48.3 Å². The fourth-order valence-electron chi connectivity index (χ4n) is 3.17. The van der Waals surface area contributed by atoms with Gasteiger partial charge in [0.15, 0.2) is 0 Å². The second-order valence-corrected chi connectivity index (χ2v) is 7.40. The fourth-order valence-corrected chi connectivity index (χ4v) is 3.17. The Balaban J connectivity index is 1.78. The molecule has 1 aliphatic heterocycles. The maximum absolute atomic E-state index is 12.6. The molecular formula is C20H26F3N3O3. The van der Waals surface area contributed by atoms with Crippen molar-refractivity contribution in [2.24, 2.45) is 5.92 Å². The third-order valence-electron chi connectivity index (χ3n) is 4.71. The van der Waals surface area contributed by atoms with Crippen LogP contribution in [0.25, 0.3) is 0 Å². The van der Waals surface area contributed by atoms with Gasteiger partial charge in [-0.2, -0.15) is 13.2 Å². The summed E-state index contributed by atoms with van der Waals surface area (Å²) < 4.78 is 37.9. The number of nitrogens with one attached hydrogen (secondary N) is 2. The van der Waals surface area contributed by atoms with Gasteiger partial charge in [0, 0.05) is 43.6 Å². The number of hydrogen-bond donors (Lipinski definition) is 2. The average molecular weight is 413 g/mol. The van der Waals surface area contributed by atoms with Crippen molar-refractivity contribution in [2.45, 2.75) is 45.3 Å². The van der Waals surface area contributed by atoms with Gasteiger partial charge in [-0.15, -0.1) is 0 Å². The molecule has 0 spiro atoms. The Morgan fingerprint density at radius 3 is 2.21 bits per heavy atom. The molecule has 160 valence electrons. The standard InChI is InChI=1S/C20H26F3N3O3/c1-13(2)25-17(27)7-10-24-18(28)14-8-11-26(12-9-14)19(29)15-3-5-16(6-4-15)20(21,22)23/h3-6,13-14H,7-12H2,1-2H3,(H,24,28)(H,25,27). The van der Waals surface area contributed by atoms with E-state index in [9.17, 15) is 27.6 Å². The largest absolute Gasteiger partial charge is 0.416 e. The Hall–Kier alpha value is -2.58. The summed E-state index contributed by atoms with van der Waals surface area (Å²) in [5.74, 6) is -0.871. The van der Waals surface area contributed by atoms with Gasteiger partial charge in [0.2, 0.25) is 11.8 Å². The molecule has 0 bridgehead atoms. The summed E-state index contributed by atoms with van der Waals surface area (Å²) in [5, 5.41) is 5.49. The maximum atomic E-state index is 12.6. The number of halogens is 3. The molecule has 3 amide bonds. The Labute approximate surface area is 167 Å². The van der Waals surface area contributed by atoms with E-state index in [4.69, 9.17) is 0 Å². The monoisotopic (exact) mass is 413 g/mol. The molecule has 2 rings (SSSR count). The zero-order valence-corrected chi connectivity index (χ0v) is 16.5. The van der Waals surface area contributed by atoms with Gasteiger partial charge in [-0.3, -0.25) is 14.4 Å². The van der Waals surface area contributed by atoms with Gasteiger partial charge in [-0.05, 0) is 51.0 Å². The summed E-state index contributed by atoms with van der Waals surface area (Å²) >= 11 is 0. The highest BCUT2D eigenvalue weighted by atomic mass is 19.4. The number of hydrogen-bond acceptors (Lipinski definition) is 3. The van der Waals surface area contributed by atoms with Crippen LogP contribution in [0.15, 0.2) is 24.3 Å². The zero-order valence-electron chi connectivity index (χ0n) is 16.5. The van der Waals surface area contributed by atoms with Gasteiger partial charge >= 0.3 is 6.18 Å². The van der Waals surface area contributed by atoms with E-state index in [1.807, 2.05) is 13.8 Å². The minimum absolute atomic E-state index is 0.0460. The normalized spacial score (nSPS) is 15.3. The number of carbonyl (C=O) groups excluding carboxylic acids is 3. The van der Waals surface area contributed by atoms with Gasteiger partial charge in [0.05, 0.1) is 5.56 Å². The van der Waals surface area contributed by atoms with E-state index in [0.29, 0.717) is 25.9 Å². The predicted molar refractivity (Wildman–Crippen MR) is 101 cm³/mol. The van der Waals surface area contributed by atoms with Gasteiger partial charge in [0.25, 0.3) is 5.91 Å². The molecule has 1 aliphatic rings. The first-order valence-electron chi connectivity index (χ1n) is 9.61. The molecule has 1 aromatic carbocycles. The van der Waals surface area contributed by atoms with Crippen LogP contribution in [0.1, 0.15) is 49.0 Å². The van der Waals surface area contributed by atoms with E-state index in [1.165, 1.54) is 12.1 Å². The number of nitrogens with zero attached hydrogens (tertiary/aromatic N) is 1. The molecule has 0 radical (unpaired) electrons. The van der Waals surface area contributed by atoms with Crippen molar-refractivity contribution in [3.63, 3.8) is 0 Å². The van der Waals surface area contributed by atoms with E-state index in [2.05, 4.69) is 10.6 Å². The first-order chi connectivity index (χ1) is 13.6. The first-order valence-corrected chi connectivity index (χ1v) is 9.61. The van der Waals surface area contributed by atoms with Crippen LogP contribution < -0.4 is 10.6 Å². The molecule has 1 heterocycles. The second-order valence-electron chi connectivity index (χ2n) is 7.40. The van der Waals surface area contributed by atoms with Crippen LogP contribution >= 0.6 is 0 Å². The third kappa shape index (κ3) is 6.76. The van der Waals surface area contributed by atoms with Gasteiger partial charge in [0.1, 0.15) is 0 Å². The quantitative estimate of drug-likeness (QED) is 0.753. The van der Waals surface area contributed by atoms with E-state index < -0.39 is 11.7 Å². The lowest BCUT2D eigenvalue weighted by Crippen LogP contribution is -2.43. The summed E-state index contributed by atoms with van der Waals surface area (Å²) in [4.78, 5) is 37.8. The number of benzene rings is 1. The van der Waals surface area contributed by atoms with Crippen LogP contribution in [-0.2, 0) is 15.8 Å². The SMILES string of the molecule is CC(C)NC(=O)CCNC(=O)C1CCN(C(=O)c2ccc(C(F)(F)F)cc2)CC1. The summed E-state index contributed by atoms with van der Waals surface area (Å²) in [6.07, 6.45) is -3.30. The molecule has 0 aromatic heterocycles. The van der Waals surface area contributed by atoms with Crippen molar-refractivity contribution in [3.05, 3.63) is 35.4 Å². The highest BCUT2D eigenvalue weighted by molar-refractivity contribution is 5.94. The molecule has 9 heteroatoms. The van der Waals surface area contributed by atoms with Crippen molar-refractivity contribution in [1.82, 2.24) is 15.5 Å². The van der Waals surface area contributed by atoms with Crippen LogP contribution in [0.3, 0.4) is 0 Å². The van der Waals surface area contributed by atoms with Gasteiger partial charge in [-0.25, -0.2) is 0 Å². The van der Waals surface area contributed by atoms with Crippen molar-refractivity contribution < 1.29 is 27.6 Å². The molecule has 1 saturated heterocycles. The molecule has 0 atom stereocenters. The Morgan fingerprint density at radius 2 is 1.69 bits per heavy atom. The molecule has 0 unspecified atom stereocenters. The van der Waals surface area contributed by atoms with Crippen molar-refractivity contribution in [1.29, 1.82) is 0 Å². The van der Waals surface area contributed by atoms with Crippen molar-refractivity contribution in [3.8, 4) is 0 Å². The Bertz CT molecular complexity index is 725. The molecule has 29 heavy (non-hydrogen) atoms. The minimum atomic E-state index is -4.44. The van der Waals surface area contributed by atoms with E-state index in [-0.39, 0.29) is 48.2 Å². The summed E-state index contributed by atoms with van der Waals surface area (Å²) in [6, 6.07) is 4.18. The number of amides is 3. The zero-order chi connectivity index (χ0) is 21.6. The lowest BCUT2D eigenvalue weighted by Gasteiger charge is -2.31. The van der Waals surface area contributed by atoms with Gasteiger partial charge in [-0.1, -0.05) is 0 Å². The number of carbonyl (C=O) groups is 3. The molecular weight excluding hydrogens is 387 g/mol. The number of alkyl halides is 3. The molecule has 2 N–H and O–H groups in total. The Kier molecular flexibility index (Phi) is 7.64. The second kappa shape index (κ2) is 9.76. The van der Waals surface area contributed by atoms with Crippen molar-refractivity contribution >= 4 is 17.7 Å². The number of likely N-dealkylation sites (tertiary alicyclic amines) is 1. The smallest absolute Gasteiger partial charge is 0.355 e. The van der Waals surface area contributed by atoms with Crippen molar-refractivity contribution in [2.75, 3.05) is 19.6 Å². The van der Waals surface area contributed by atoms with E-state index >= 15 is 0 Å². The molecule has 0 aliphatic carbocycles. The number of piperidine rings is 1. The van der Waals surface area contributed by atoms with Crippen LogP contribution in [0.4, 0.5) is 13.2 Å². The maximum Gasteiger partial charge on any atom is 0.416 e. The third-order valence-corrected chi connectivity index (χ3v) is 4.71. The molecule has 1 fully saturated rings. The number of rotatable bonds is 6. The lowest BCUT2D eigenvalue weighted by atomic mass is 9.95. The van der Waals surface area contributed by atoms with Gasteiger partial charge < -0.3 is 15.5 Å². The summed E-state index contributed by atoms with van der Waals surface area (Å²) in [7, 11) is 0. The highest BCUT2D eigenvalue weighted by Gasteiger charge is 2.31. The van der Waals surface area contributed by atoms with Crippen LogP contribution in [0, 0.1) is 5.92 Å². The average Bonchev–Trinajstić information content (AvgIpc) is 2.66. The fraction of sp³-hybridized carbons (Fsp3) is 0.550. The Morgan fingerprint density at radius 1 is 1.10 bits per heavy atom. The van der Waals surface area contributed by atoms with Crippen LogP contribution in [0.2, 0.25) is 0 Å². The molecule has 6 nitrogen and oxygen atoms in total. The predicted octanol–water partition coefficient (Wildman–Crippen LogP) is 2.59. The highest BCUT2D eigenvalue weighted by Crippen LogP contribution is 2.29. The van der Waals surface area contributed by atoms with Crippen LogP contribution in [0.5, 0.6) is 0 Å². The summed E-state index contributed by atoms with van der Waals surface area (Å²) in [5.41, 5.74) is -0.608. The molecule has 1 aromatic rings. The van der Waals surface area contributed by atoms with E-state index in [1.54, 1.807) is 4.90 Å². The lowest BCUT2D eigenvalue weighted by molar-refractivity contribution is -0.137. The minimum Gasteiger partial charge on any atom is -0.355 e. The van der Waals surface area contributed by atoms with E-state index in [0.717, 1.165) is 12.1 Å². The summed E-state index contributed by atoms with van der Waals surface area (Å²) in [6.45, 7) is 4.67.